The van der Waals surface area contributed by atoms with Crippen molar-refractivity contribution in [1.29, 1.82) is 0 Å². The van der Waals surface area contributed by atoms with Gasteiger partial charge in [-0.2, -0.15) is 0 Å². The van der Waals surface area contributed by atoms with Crippen LogP contribution < -0.4 is 5.56 Å². The topological polar surface area (TPSA) is 73.3 Å². The fourth-order valence-corrected chi connectivity index (χ4v) is 4.45. The Bertz CT molecular complexity index is 741. The molecule has 1 aromatic heterocycles. The molecule has 1 heterocycles. The van der Waals surface area contributed by atoms with Crippen LogP contribution in [0.1, 0.15) is 37.7 Å². The van der Waals surface area contributed by atoms with Gasteiger partial charge >= 0.3 is 7.60 Å². The van der Waals surface area contributed by atoms with Crippen molar-refractivity contribution in [2.75, 3.05) is 13.2 Å². The van der Waals surface area contributed by atoms with E-state index in [-0.39, 0.29) is 18.8 Å². The molecule has 126 valence electrons. The quantitative estimate of drug-likeness (QED) is 0.779. The molecule has 7 heteroatoms. The molecule has 2 aromatic rings. The summed E-state index contributed by atoms with van der Waals surface area (Å²) in [5.74, 6) is 0. The lowest BCUT2D eigenvalue weighted by Gasteiger charge is -2.22. The Morgan fingerprint density at radius 2 is 1.74 bits per heavy atom. The molecule has 0 aliphatic carbocycles. The van der Waals surface area contributed by atoms with E-state index in [1.54, 1.807) is 27.7 Å². The van der Waals surface area contributed by atoms with Gasteiger partial charge in [0.1, 0.15) is 0 Å². The third kappa shape index (κ3) is 3.50. The summed E-state index contributed by atoms with van der Waals surface area (Å²) in [6.07, 6.45) is 0. The second kappa shape index (κ2) is 7.30. The van der Waals surface area contributed by atoms with Gasteiger partial charge in [-0.25, -0.2) is 4.68 Å². The molecule has 6 nitrogen and oxygen atoms in total. The fourth-order valence-electron chi connectivity index (χ4n) is 2.59. The summed E-state index contributed by atoms with van der Waals surface area (Å²) >= 11 is 0. The van der Waals surface area contributed by atoms with Gasteiger partial charge in [0.15, 0.2) is 0 Å². The normalized spacial score (nSPS) is 13.2. The minimum atomic E-state index is -3.40. The lowest BCUT2D eigenvalue weighted by molar-refractivity contribution is 0.213. The van der Waals surface area contributed by atoms with E-state index >= 15 is 0 Å². The summed E-state index contributed by atoms with van der Waals surface area (Å²) in [4.78, 5) is 12.8. The van der Waals surface area contributed by atoms with Gasteiger partial charge in [0.05, 0.1) is 30.1 Å². The molecule has 0 bridgehead atoms. The van der Waals surface area contributed by atoms with E-state index in [9.17, 15) is 9.36 Å². The van der Waals surface area contributed by atoms with E-state index in [0.717, 1.165) is 5.69 Å². The maximum Gasteiger partial charge on any atom is 0.338 e. The van der Waals surface area contributed by atoms with Crippen molar-refractivity contribution in [3.63, 3.8) is 0 Å². The van der Waals surface area contributed by atoms with E-state index in [1.807, 2.05) is 30.3 Å². The van der Waals surface area contributed by atoms with E-state index < -0.39 is 13.3 Å². The minimum absolute atomic E-state index is 0.235. The van der Waals surface area contributed by atoms with Crippen LogP contribution in [-0.2, 0) is 13.6 Å². The van der Waals surface area contributed by atoms with Crippen LogP contribution in [0.25, 0.3) is 5.69 Å². The van der Waals surface area contributed by atoms with Gasteiger partial charge in [-0.3, -0.25) is 14.5 Å². The standard InChI is InChI=1S/C16H23N2O4P/c1-5-21-23(20,22-6-2)13(4)15-12(3)17-18(16(15)19)14-10-8-7-9-11-14/h7-11,13,17H,5-6H2,1-4H3. The molecule has 1 atom stereocenters. The molecule has 23 heavy (non-hydrogen) atoms. The molecule has 0 fully saturated rings. The summed E-state index contributed by atoms with van der Waals surface area (Å²) in [6, 6.07) is 9.25. The number of benzene rings is 1. The summed E-state index contributed by atoms with van der Waals surface area (Å²) in [7, 11) is -3.40. The third-order valence-electron chi connectivity index (χ3n) is 3.64. The van der Waals surface area contributed by atoms with Crippen molar-refractivity contribution in [2.24, 2.45) is 0 Å². The predicted molar refractivity (Wildman–Crippen MR) is 90.4 cm³/mol. The Kier molecular flexibility index (Phi) is 5.63. The van der Waals surface area contributed by atoms with Crippen LogP contribution in [0.4, 0.5) is 0 Å². The molecule has 1 unspecified atom stereocenters. The molecule has 2 rings (SSSR count). The van der Waals surface area contributed by atoms with Crippen molar-refractivity contribution < 1.29 is 13.6 Å². The minimum Gasteiger partial charge on any atom is -0.308 e. The van der Waals surface area contributed by atoms with Gasteiger partial charge in [-0.1, -0.05) is 18.2 Å². The zero-order valence-electron chi connectivity index (χ0n) is 13.9. The predicted octanol–water partition coefficient (Wildman–Crippen LogP) is 3.80. The van der Waals surface area contributed by atoms with Crippen LogP contribution in [0.3, 0.4) is 0 Å². The number of aryl methyl sites for hydroxylation is 1. The molecule has 0 spiro atoms. The van der Waals surface area contributed by atoms with Gasteiger partial charge in [-0.05, 0) is 39.8 Å². The molecule has 0 radical (unpaired) electrons. The molecule has 0 amide bonds. The first-order valence-electron chi connectivity index (χ1n) is 7.70. The van der Waals surface area contributed by atoms with Crippen LogP contribution >= 0.6 is 7.60 Å². The monoisotopic (exact) mass is 338 g/mol. The van der Waals surface area contributed by atoms with E-state index in [1.165, 1.54) is 4.68 Å². The van der Waals surface area contributed by atoms with Gasteiger partial charge in [0, 0.05) is 5.69 Å². The number of hydrogen-bond acceptors (Lipinski definition) is 4. The highest BCUT2D eigenvalue weighted by molar-refractivity contribution is 7.54. The van der Waals surface area contributed by atoms with Gasteiger partial charge in [0.25, 0.3) is 5.56 Å². The first-order valence-corrected chi connectivity index (χ1v) is 9.31. The number of nitrogens with one attached hydrogen (secondary N) is 1. The summed E-state index contributed by atoms with van der Waals surface area (Å²) < 4.78 is 25.2. The summed E-state index contributed by atoms with van der Waals surface area (Å²) in [5.41, 5.74) is 0.934. The molecule has 0 aliphatic heterocycles. The van der Waals surface area contributed by atoms with Gasteiger partial charge in [0.2, 0.25) is 0 Å². The van der Waals surface area contributed by atoms with Crippen molar-refractivity contribution in [1.82, 2.24) is 9.78 Å². The second-order valence-corrected chi connectivity index (χ2v) is 7.55. The SMILES string of the molecule is CCOP(=O)(OCC)C(C)c1c(C)[nH]n(-c2ccccc2)c1=O. The highest BCUT2D eigenvalue weighted by Crippen LogP contribution is 2.60. The highest BCUT2D eigenvalue weighted by atomic mass is 31.2. The van der Waals surface area contributed by atoms with E-state index in [4.69, 9.17) is 9.05 Å². The fraction of sp³-hybridized carbons (Fsp3) is 0.438. The number of rotatable bonds is 7. The number of para-hydroxylation sites is 1. The smallest absolute Gasteiger partial charge is 0.308 e. The first-order chi connectivity index (χ1) is 10.9. The van der Waals surface area contributed by atoms with Crippen molar-refractivity contribution in [3.8, 4) is 5.69 Å². The summed E-state index contributed by atoms with van der Waals surface area (Å²) in [5, 5.41) is 3.04. The molecular weight excluding hydrogens is 315 g/mol. The zero-order chi connectivity index (χ0) is 17.0. The average molecular weight is 338 g/mol. The zero-order valence-corrected chi connectivity index (χ0v) is 14.8. The maximum atomic E-state index is 13.0. The lowest BCUT2D eigenvalue weighted by Crippen LogP contribution is -2.19. The Labute approximate surface area is 136 Å². The Morgan fingerprint density at radius 1 is 1.17 bits per heavy atom. The van der Waals surface area contributed by atoms with Gasteiger partial charge < -0.3 is 9.05 Å². The van der Waals surface area contributed by atoms with E-state index in [2.05, 4.69) is 5.10 Å². The number of aromatic amines is 1. The number of aromatic nitrogens is 2. The van der Waals surface area contributed by atoms with Crippen molar-refractivity contribution in [2.45, 2.75) is 33.4 Å². The maximum absolute atomic E-state index is 13.0. The van der Waals surface area contributed by atoms with Crippen LogP contribution in [0.5, 0.6) is 0 Å². The average Bonchev–Trinajstić information content (AvgIpc) is 2.83. The van der Waals surface area contributed by atoms with Crippen molar-refractivity contribution >= 4 is 7.60 Å². The molecule has 0 aliphatic rings. The second-order valence-electron chi connectivity index (χ2n) is 5.18. The number of hydrogen-bond donors (Lipinski definition) is 1. The highest BCUT2D eigenvalue weighted by Gasteiger charge is 2.37. The Morgan fingerprint density at radius 3 is 2.26 bits per heavy atom. The first kappa shape index (κ1) is 17.7. The van der Waals surface area contributed by atoms with Crippen LogP contribution in [-0.4, -0.2) is 23.0 Å². The molecular formula is C16H23N2O4P. The van der Waals surface area contributed by atoms with Gasteiger partial charge in [-0.15, -0.1) is 0 Å². The molecule has 1 aromatic carbocycles. The van der Waals surface area contributed by atoms with Crippen molar-refractivity contribution in [3.05, 3.63) is 51.9 Å². The van der Waals surface area contributed by atoms with Crippen LogP contribution in [0, 0.1) is 6.92 Å². The number of nitrogens with zero attached hydrogens (tertiary/aromatic N) is 1. The molecule has 0 saturated carbocycles. The van der Waals surface area contributed by atoms with Crippen LogP contribution in [0.2, 0.25) is 0 Å². The molecule has 1 N–H and O–H groups in total. The molecule has 0 saturated heterocycles. The largest absolute Gasteiger partial charge is 0.338 e. The van der Waals surface area contributed by atoms with Crippen LogP contribution in [0.15, 0.2) is 35.1 Å². The van der Waals surface area contributed by atoms with E-state index in [0.29, 0.717) is 11.3 Å². The Balaban J connectivity index is 2.50. The lowest BCUT2D eigenvalue weighted by atomic mass is 10.2. The number of H-pyrrole nitrogens is 1. The third-order valence-corrected chi connectivity index (χ3v) is 6.08. The Hall–Kier alpha value is -1.62. The summed E-state index contributed by atoms with van der Waals surface area (Å²) in [6.45, 7) is 7.53.